The minimum absolute atomic E-state index is 0.194. The number of benzene rings is 1. The van der Waals surface area contributed by atoms with Gasteiger partial charge in [0.05, 0.1) is 17.0 Å². The molecule has 2 saturated heterocycles. The van der Waals surface area contributed by atoms with E-state index >= 15 is 0 Å². The lowest BCUT2D eigenvalue weighted by molar-refractivity contribution is -0.123. The molecule has 0 radical (unpaired) electrons. The summed E-state index contributed by atoms with van der Waals surface area (Å²) in [7, 11) is 0. The van der Waals surface area contributed by atoms with Crippen LogP contribution in [0.15, 0.2) is 52.3 Å². The van der Waals surface area contributed by atoms with Crippen LogP contribution in [0.2, 0.25) is 0 Å². The van der Waals surface area contributed by atoms with Gasteiger partial charge in [0.1, 0.15) is 15.8 Å². The maximum atomic E-state index is 13.7. The minimum atomic E-state index is -0.306. The van der Waals surface area contributed by atoms with Gasteiger partial charge in [-0.05, 0) is 50.0 Å². The lowest BCUT2D eigenvalue weighted by Gasteiger charge is -2.32. The molecule has 4 heterocycles. The Bertz CT molecular complexity index is 1500. The van der Waals surface area contributed by atoms with Gasteiger partial charge >= 0.3 is 0 Å². The van der Waals surface area contributed by atoms with E-state index < -0.39 is 0 Å². The molecule has 0 aliphatic carbocycles. The molecule has 3 aromatic rings. The van der Waals surface area contributed by atoms with Crippen molar-refractivity contribution in [3.05, 3.63) is 80.1 Å². The van der Waals surface area contributed by atoms with E-state index in [4.69, 9.17) is 22.9 Å². The zero-order chi connectivity index (χ0) is 26.3. The number of nitrogens with zero attached hydrogens (tertiary/aromatic N) is 4. The number of pyridine rings is 1. The van der Waals surface area contributed by atoms with Crippen LogP contribution in [0, 0.1) is 19.8 Å². The van der Waals surface area contributed by atoms with Crippen molar-refractivity contribution in [2.24, 2.45) is 11.7 Å². The van der Waals surface area contributed by atoms with Crippen molar-refractivity contribution in [2.45, 2.75) is 33.2 Å². The van der Waals surface area contributed by atoms with E-state index in [-0.39, 0.29) is 23.3 Å². The first-order chi connectivity index (χ1) is 17.7. The standard InChI is InChI=1S/C27H27N5O3S2/c1-16-5-7-18(8-6-16)15-32-26(35)21(37-27(32)36)14-20-24(30-12-9-19(10-13-30)22(28)33)29-23-17(2)4-3-11-31(23)25(20)34/h3-8,11,14,19H,9-10,12-13,15H2,1-2H3,(H2,28,33)/b21-14-. The number of rotatable bonds is 5. The molecule has 2 aliphatic heterocycles. The number of hydrogen-bond donors (Lipinski definition) is 1. The average molecular weight is 534 g/mol. The van der Waals surface area contributed by atoms with E-state index in [0.29, 0.717) is 58.7 Å². The van der Waals surface area contributed by atoms with E-state index in [1.165, 1.54) is 16.2 Å². The maximum Gasteiger partial charge on any atom is 0.267 e. The molecule has 1 aromatic carbocycles. The Morgan fingerprint density at radius 1 is 1.16 bits per heavy atom. The predicted molar refractivity (Wildman–Crippen MR) is 150 cm³/mol. The van der Waals surface area contributed by atoms with Crippen LogP contribution in [0.4, 0.5) is 5.82 Å². The molecule has 2 aromatic heterocycles. The third kappa shape index (κ3) is 4.91. The van der Waals surface area contributed by atoms with Gasteiger partial charge in [0.15, 0.2) is 0 Å². The van der Waals surface area contributed by atoms with Gasteiger partial charge in [-0.15, -0.1) is 0 Å². The molecule has 0 spiro atoms. The monoisotopic (exact) mass is 533 g/mol. The van der Waals surface area contributed by atoms with E-state index in [1.807, 2.05) is 49.1 Å². The van der Waals surface area contributed by atoms with Crippen molar-refractivity contribution in [1.29, 1.82) is 0 Å². The second-order valence-corrected chi connectivity index (χ2v) is 11.1. The number of primary amides is 1. The Morgan fingerprint density at radius 3 is 2.54 bits per heavy atom. The number of carbonyl (C=O) groups excluding carboxylic acids is 2. The van der Waals surface area contributed by atoms with Gasteiger partial charge in [-0.2, -0.15) is 0 Å². The lowest BCUT2D eigenvalue weighted by Crippen LogP contribution is -2.40. The van der Waals surface area contributed by atoms with Gasteiger partial charge in [-0.25, -0.2) is 4.98 Å². The topological polar surface area (TPSA) is 101 Å². The molecule has 0 saturated carbocycles. The van der Waals surface area contributed by atoms with Crippen LogP contribution in [0.1, 0.15) is 35.1 Å². The van der Waals surface area contributed by atoms with Gasteiger partial charge in [0.25, 0.3) is 11.5 Å². The van der Waals surface area contributed by atoms with E-state index in [2.05, 4.69) is 0 Å². The number of fused-ring (bicyclic) bond motifs is 1. The summed E-state index contributed by atoms with van der Waals surface area (Å²) < 4.78 is 1.96. The van der Waals surface area contributed by atoms with Crippen molar-refractivity contribution in [1.82, 2.24) is 14.3 Å². The second kappa shape index (κ2) is 10.1. The molecule has 190 valence electrons. The molecule has 0 bridgehead atoms. The quantitative estimate of drug-likeness (QED) is 0.396. The highest BCUT2D eigenvalue weighted by Gasteiger charge is 2.33. The van der Waals surface area contributed by atoms with Crippen molar-refractivity contribution >= 4 is 57.7 Å². The molecule has 10 heteroatoms. The Hall–Kier alpha value is -3.50. The lowest BCUT2D eigenvalue weighted by atomic mass is 9.96. The van der Waals surface area contributed by atoms with Gasteiger partial charge in [-0.1, -0.05) is 59.9 Å². The normalized spacial score (nSPS) is 17.8. The van der Waals surface area contributed by atoms with Gasteiger partial charge in [0.2, 0.25) is 5.91 Å². The number of nitrogens with two attached hydrogens (primary N) is 1. The number of carbonyl (C=O) groups is 2. The number of aryl methyl sites for hydroxylation is 2. The Kier molecular flexibility index (Phi) is 6.87. The van der Waals surface area contributed by atoms with E-state index in [9.17, 15) is 14.4 Å². The van der Waals surface area contributed by atoms with Crippen LogP contribution in [-0.2, 0) is 16.1 Å². The number of aromatic nitrogens is 2. The third-order valence-electron chi connectivity index (χ3n) is 6.87. The van der Waals surface area contributed by atoms with Crippen molar-refractivity contribution in [3.8, 4) is 0 Å². The van der Waals surface area contributed by atoms with Gasteiger partial charge in [-0.3, -0.25) is 23.7 Å². The first-order valence-electron chi connectivity index (χ1n) is 12.1. The number of amides is 2. The number of anilines is 1. The zero-order valence-corrected chi connectivity index (χ0v) is 22.3. The van der Waals surface area contributed by atoms with E-state index in [1.54, 1.807) is 23.2 Å². The van der Waals surface area contributed by atoms with Crippen LogP contribution >= 0.6 is 24.0 Å². The summed E-state index contributed by atoms with van der Waals surface area (Å²) in [5.74, 6) is -0.228. The fourth-order valence-electron chi connectivity index (χ4n) is 4.69. The van der Waals surface area contributed by atoms with Crippen molar-refractivity contribution in [2.75, 3.05) is 18.0 Å². The molecule has 8 nitrogen and oxygen atoms in total. The highest BCUT2D eigenvalue weighted by Crippen LogP contribution is 2.35. The highest BCUT2D eigenvalue weighted by molar-refractivity contribution is 8.26. The molecule has 5 rings (SSSR count). The number of thioether (sulfide) groups is 1. The maximum absolute atomic E-state index is 13.7. The second-order valence-electron chi connectivity index (χ2n) is 9.46. The number of piperidine rings is 1. The summed E-state index contributed by atoms with van der Waals surface area (Å²) in [6.07, 6.45) is 4.47. The summed E-state index contributed by atoms with van der Waals surface area (Å²) in [4.78, 5) is 47.6. The molecule has 2 N–H and O–H groups in total. The molecule has 37 heavy (non-hydrogen) atoms. The van der Waals surface area contributed by atoms with Crippen molar-refractivity contribution in [3.63, 3.8) is 0 Å². The molecule has 2 aliphatic rings. The largest absolute Gasteiger partial charge is 0.369 e. The Balaban J connectivity index is 1.54. The Morgan fingerprint density at radius 2 is 1.86 bits per heavy atom. The summed E-state index contributed by atoms with van der Waals surface area (Å²) >= 11 is 6.72. The van der Waals surface area contributed by atoms with Crippen LogP contribution in [0.25, 0.3) is 11.7 Å². The summed E-state index contributed by atoms with van der Waals surface area (Å²) in [5, 5.41) is 0. The fraction of sp³-hybridized carbons (Fsp3) is 0.296. The molecular weight excluding hydrogens is 506 g/mol. The van der Waals surface area contributed by atoms with Gasteiger partial charge in [0, 0.05) is 25.2 Å². The first-order valence-corrected chi connectivity index (χ1v) is 13.3. The van der Waals surface area contributed by atoms with E-state index in [0.717, 1.165) is 16.7 Å². The Labute approximate surface area is 224 Å². The third-order valence-corrected chi connectivity index (χ3v) is 8.25. The SMILES string of the molecule is Cc1ccc(CN2C(=O)/C(=C/c3c(N4CCC(C(N)=O)CC4)nc4c(C)cccn4c3=O)SC2=S)cc1. The van der Waals surface area contributed by atoms with Crippen molar-refractivity contribution < 1.29 is 9.59 Å². The molecule has 2 fully saturated rings. The number of hydrogen-bond acceptors (Lipinski definition) is 7. The van der Waals surface area contributed by atoms with Crippen LogP contribution in [0.5, 0.6) is 0 Å². The predicted octanol–water partition coefficient (Wildman–Crippen LogP) is 3.41. The van der Waals surface area contributed by atoms with Crippen LogP contribution in [-0.4, -0.2) is 43.5 Å². The first kappa shape index (κ1) is 25.2. The minimum Gasteiger partial charge on any atom is -0.369 e. The molecule has 0 atom stereocenters. The summed E-state index contributed by atoms with van der Waals surface area (Å²) in [5.41, 5.74) is 9.13. The fourth-order valence-corrected chi connectivity index (χ4v) is 5.92. The van der Waals surface area contributed by atoms with Gasteiger partial charge < -0.3 is 10.6 Å². The zero-order valence-electron chi connectivity index (χ0n) is 20.6. The number of thiocarbonyl (C=S) groups is 1. The van der Waals surface area contributed by atoms with Crippen LogP contribution < -0.4 is 16.2 Å². The summed E-state index contributed by atoms with van der Waals surface area (Å²) in [6, 6.07) is 11.7. The summed E-state index contributed by atoms with van der Waals surface area (Å²) in [6.45, 7) is 5.36. The molecule has 0 unspecified atom stereocenters. The van der Waals surface area contributed by atoms with Crippen LogP contribution in [0.3, 0.4) is 0 Å². The molecule has 2 amide bonds. The smallest absolute Gasteiger partial charge is 0.267 e. The molecular formula is C27H27N5O3S2. The average Bonchev–Trinajstić information content (AvgIpc) is 3.14. The highest BCUT2D eigenvalue weighted by atomic mass is 32.2.